The Morgan fingerprint density at radius 1 is 0.938 bits per heavy atom. The summed E-state index contributed by atoms with van der Waals surface area (Å²) >= 11 is 5.89. The smallest absolute Gasteiger partial charge is 0.0632 e. The van der Waals surface area contributed by atoms with Gasteiger partial charge < -0.3 is 16.8 Å². The molecule has 4 heteroatoms. The number of hydrogen-bond acceptors (Lipinski definition) is 3. The van der Waals surface area contributed by atoms with Crippen molar-refractivity contribution >= 4 is 34.4 Å². The van der Waals surface area contributed by atoms with Gasteiger partial charge in [-0.1, -0.05) is 11.6 Å². The Bertz CT molecular complexity index is 494. The molecule has 0 aromatic heterocycles. The first kappa shape index (κ1) is 10.6. The minimum absolute atomic E-state index is 0.646. The number of nitrogens with one attached hydrogen (secondary N) is 1. The van der Waals surface area contributed by atoms with Gasteiger partial charge in [0.1, 0.15) is 0 Å². The molecular weight excluding hydrogens is 222 g/mol. The summed E-state index contributed by atoms with van der Waals surface area (Å²) in [5, 5.41) is 3.82. The van der Waals surface area contributed by atoms with Crippen molar-refractivity contribution in [2.24, 2.45) is 0 Å². The summed E-state index contributed by atoms with van der Waals surface area (Å²) in [5.74, 6) is 0. The third kappa shape index (κ3) is 2.38. The van der Waals surface area contributed by atoms with Crippen LogP contribution in [0, 0.1) is 0 Å². The van der Waals surface area contributed by atoms with Gasteiger partial charge in [0.2, 0.25) is 0 Å². The summed E-state index contributed by atoms with van der Waals surface area (Å²) in [7, 11) is 0. The molecule has 0 amide bonds. The van der Waals surface area contributed by atoms with Crippen LogP contribution in [-0.4, -0.2) is 0 Å². The highest BCUT2D eigenvalue weighted by Gasteiger charge is 2.00. The number of benzene rings is 2. The maximum absolute atomic E-state index is 5.89. The van der Waals surface area contributed by atoms with Crippen LogP contribution in [0.5, 0.6) is 0 Å². The highest BCUT2D eigenvalue weighted by molar-refractivity contribution is 6.31. The first-order valence-corrected chi connectivity index (χ1v) is 5.20. The standard InChI is InChI=1S/C12H12ClN3/c13-8-1-6-11(15)12(7-8)16-10-4-2-9(14)3-5-10/h1-7,16H,14-15H2. The number of nitrogen functional groups attached to an aromatic ring is 2. The molecule has 0 bridgehead atoms. The molecule has 0 saturated heterocycles. The summed E-state index contributed by atoms with van der Waals surface area (Å²) < 4.78 is 0. The predicted molar refractivity (Wildman–Crippen MR) is 70.0 cm³/mol. The van der Waals surface area contributed by atoms with Crippen molar-refractivity contribution in [2.75, 3.05) is 16.8 Å². The predicted octanol–water partition coefficient (Wildman–Crippen LogP) is 3.25. The minimum atomic E-state index is 0.646. The lowest BCUT2D eigenvalue weighted by Gasteiger charge is -2.09. The second-order valence-corrected chi connectivity index (χ2v) is 3.92. The van der Waals surface area contributed by atoms with Crippen LogP contribution in [0.1, 0.15) is 0 Å². The normalized spacial score (nSPS) is 10.1. The average molecular weight is 234 g/mol. The van der Waals surface area contributed by atoms with Gasteiger partial charge in [-0.05, 0) is 42.5 Å². The lowest BCUT2D eigenvalue weighted by Crippen LogP contribution is -1.96. The monoisotopic (exact) mass is 233 g/mol. The Kier molecular flexibility index (Phi) is 2.88. The molecule has 0 spiro atoms. The van der Waals surface area contributed by atoms with Crippen LogP contribution in [0.2, 0.25) is 5.02 Å². The Hall–Kier alpha value is -1.87. The zero-order valence-corrected chi connectivity index (χ0v) is 9.33. The largest absolute Gasteiger partial charge is 0.399 e. The Labute approximate surface area is 99.0 Å². The molecule has 2 aromatic rings. The maximum atomic E-state index is 5.89. The molecule has 0 atom stereocenters. The van der Waals surface area contributed by atoms with Gasteiger partial charge in [-0.3, -0.25) is 0 Å². The maximum Gasteiger partial charge on any atom is 0.0632 e. The molecule has 0 aliphatic rings. The fraction of sp³-hybridized carbons (Fsp3) is 0. The van der Waals surface area contributed by atoms with Gasteiger partial charge in [-0.15, -0.1) is 0 Å². The first-order valence-electron chi connectivity index (χ1n) is 4.83. The van der Waals surface area contributed by atoms with Crippen LogP contribution < -0.4 is 16.8 Å². The summed E-state index contributed by atoms with van der Waals surface area (Å²) in [6.07, 6.45) is 0. The van der Waals surface area contributed by atoms with Gasteiger partial charge in [-0.2, -0.15) is 0 Å². The SMILES string of the molecule is Nc1ccc(Nc2cc(Cl)ccc2N)cc1. The Morgan fingerprint density at radius 3 is 2.31 bits per heavy atom. The van der Waals surface area contributed by atoms with Crippen LogP contribution >= 0.6 is 11.6 Å². The van der Waals surface area contributed by atoms with Crippen molar-refractivity contribution in [1.29, 1.82) is 0 Å². The quantitative estimate of drug-likeness (QED) is 0.698. The van der Waals surface area contributed by atoms with Gasteiger partial charge in [0.25, 0.3) is 0 Å². The molecule has 0 radical (unpaired) electrons. The molecular formula is C12H12ClN3. The molecule has 0 aliphatic heterocycles. The summed E-state index contributed by atoms with van der Waals surface area (Å²) in [6, 6.07) is 12.7. The van der Waals surface area contributed by atoms with Crippen LogP contribution in [0.3, 0.4) is 0 Å². The van der Waals surface area contributed by atoms with E-state index in [0.717, 1.165) is 17.1 Å². The van der Waals surface area contributed by atoms with Crippen molar-refractivity contribution in [1.82, 2.24) is 0 Å². The molecule has 2 rings (SSSR count). The lowest BCUT2D eigenvalue weighted by atomic mass is 10.2. The minimum Gasteiger partial charge on any atom is -0.399 e. The van der Waals surface area contributed by atoms with Gasteiger partial charge in [-0.25, -0.2) is 0 Å². The van der Waals surface area contributed by atoms with Crippen molar-refractivity contribution in [2.45, 2.75) is 0 Å². The van der Waals surface area contributed by atoms with E-state index < -0.39 is 0 Å². The van der Waals surface area contributed by atoms with E-state index in [2.05, 4.69) is 5.32 Å². The third-order valence-electron chi connectivity index (χ3n) is 2.21. The zero-order valence-electron chi connectivity index (χ0n) is 8.57. The molecule has 16 heavy (non-hydrogen) atoms. The number of halogens is 1. The number of anilines is 4. The highest BCUT2D eigenvalue weighted by Crippen LogP contribution is 2.26. The highest BCUT2D eigenvalue weighted by atomic mass is 35.5. The zero-order chi connectivity index (χ0) is 11.5. The molecule has 0 unspecified atom stereocenters. The first-order chi connectivity index (χ1) is 7.65. The van der Waals surface area contributed by atoms with Crippen LogP contribution in [0.25, 0.3) is 0 Å². The van der Waals surface area contributed by atoms with Crippen molar-refractivity contribution in [3.63, 3.8) is 0 Å². The van der Waals surface area contributed by atoms with Crippen molar-refractivity contribution < 1.29 is 0 Å². The van der Waals surface area contributed by atoms with Gasteiger partial charge in [0.15, 0.2) is 0 Å². The van der Waals surface area contributed by atoms with Crippen molar-refractivity contribution in [3.8, 4) is 0 Å². The molecule has 0 aliphatic carbocycles. The van der Waals surface area contributed by atoms with E-state index in [-0.39, 0.29) is 0 Å². The second-order valence-electron chi connectivity index (χ2n) is 3.48. The van der Waals surface area contributed by atoms with Crippen LogP contribution in [0.15, 0.2) is 42.5 Å². The molecule has 5 N–H and O–H groups in total. The molecule has 2 aromatic carbocycles. The second kappa shape index (κ2) is 4.33. The fourth-order valence-electron chi connectivity index (χ4n) is 1.36. The number of nitrogens with two attached hydrogens (primary N) is 2. The third-order valence-corrected chi connectivity index (χ3v) is 2.44. The molecule has 82 valence electrons. The van der Waals surface area contributed by atoms with E-state index in [1.165, 1.54) is 0 Å². The lowest BCUT2D eigenvalue weighted by molar-refractivity contribution is 1.54. The van der Waals surface area contributed by atoms with Gasteiger partial charge in [0, 0.05) is 16.4 Å². The van der Waals surface area contributed by atoms with E-state index in [0.29, 0.717) is 10.7 Å². The van der Waals surface area contributed by atoms with E-state index in [4.69, 9.17) is 23.1 Å². The Balaban J connectivity index is 2.26. The van der Waals surface area contributed by atoms with E-state index >= 15 is 0 Å². The van der Waals surface area contributed by atoms with E-state index in [9.17, 15) is 0 Å². The summed E-state index contributed by atoms with van der Waals surface area (Å²) in [4.78, 5) is 0. The van der Waals surface area contributed by atoms with Gasteiger partial charge in [0.05, 0.1) is 11.4 Å². The summed E-state index contributed by atoms with van der Waals surface area (Å²) in [6.45, 7) is 0. The van der Waals surface area contributed by atoms with Gasteiger partial charge >= 0.3 is 0 Å². The van der Waals surface area contributed by atoms with Crippen LogP contribution in [0.4, 0.5) is 22.7 Å². The Morgan fingerprint density at radius 2 is 1.62 bits per heavy atom. The molecule has 0 saturated carbocycles. The van der Waals surface area contributed by atoms with Crippen molar-refractivity contribution in [3.05, 3.63) is 47.5 Å². The van der Waals surface area contributed by atoms with E-state index in [1.54, 1.807) is 18.2 Å². The fourth-order valence-corrected chi connectivity index (χ4v) is 1.53. The van der Waals surface area contributed by atoms with E-state index in [1.807, 2.05) is 24.3 Å². The number of rotatable bonds is 2. The molecule has 0 fully saturated rings. The topological polar surface area (TPSA) is 64.1 Å². The van der Waals surface area contributed by atoms with Crippen LogP contribution in [-0.2, 0) is 0 Å². The molecule has 0 heterocycles. The number of hydrogen-bond donors (Lipinski definition) is 3. The molecule has 3 nitrogen and oxygen atoms in total. The summed E-state index contributed by atoms with van der Waals surface area (Å²) in [5.41, 5.74) is 14.5. The average Bonchev–Trinajstić information content (AvgIpc) is 2.27.